The highest BCUT2D eigenvalue weighted by molar-refractivity contribution is 6.31. The molecule has 0 saturated heterocycles. The lowest BCUT2D eigenvalue weighted by Gasteiger charge is -2.22. The zero-order chi connectivity index (χ0) is 19.1. The molecule has 1 aromatic heterocycles. The molecule has 4 rings (SSSR count). The van der Waals surface area contributed by atoms with Gasteiger partial charge in [-0.15, -0.1) is 0 Å². The zero-order valence-electron chi connectivity index (χ0n) is 15.1. The quantitative estimate of drug-likeness (QED) is 0.704. The number of benzene rings is 2. The van der Waals surface area contributed by atoms with Crippen molar-refractivity contribution in [1.29, 1.82) is 0 Å². The lowest BCUT2D eigenvalue weighted by atomic mass is 9.96. The number of imidazole rings is 1. The van der Waals surface area contributed by atoms with Crippen molar-refractivity contribution < 1.29 is 9.59 Å². The van der Waals surface area contributed by atoms with Crippen LogP contribution in [0.25, 0.3) is 11.0 Å². The SMILES string of the molecule is CN(C)c1ccc(NC(=O)C2C(=O)CCn3c2nc2cc(Cl)ccc23)cc1. The fraction of sp³-hybridized carbons (Fsp3) is 0.250. The number of anilines is 2. The van der Waals surface area contributed by atoms with E-state index in [4.69, 9.17) is 11.6 Å². The van der Waals surface area contributed by atoms with Crippen LogP contribution in [0, 0.1) is 0 Å². The van der Waals surface area contributed by atoms with Gasteiger partial charge in [-0.1, -0.05) is 11.6 Å². The first kappa shape index (κ1) is 17.5. The Morgan fingerprint density at radius 2 is 1.96 bits per heavy atom. The topological polar surface area (TPSA) is 67.2 Å². The Morgan fingerprint density at radius 1 is 1.22 bits per heavy atom. The molecule has 1 aliphatic rings. The van der Waals surface area contributed by atoms with Crippen molar-refractivity contribution in [3.63, 3.8) is 0 Å². The van der Waals surface area contributed by atoms with Gasteiger partial charge in [0, 0.05) is 43.5 Å². The number of nitrogens with zero attached hydrogens (tertiary/aromatic N) is 3. The number of hydrogen-bond acceptors (Lipinski definition) is 4. The van der Waals surface area contributed by atoms with Gasteiger partial charge < -0.3 is 14.8 Å². The van der Waals surface area contributed by atoms with Crippen molar-refractivity contribution in [3.05, 3.63) is 53.3 Å². The number of aromatic nitrogens is 2. The van der Waals surface area contributed by atoms with Gasteiger partial charge in [-0.25, -0.2) is 4.98 Å². The Balaban J connectivity index is 1.66. The van der Waals surface area contributed by atoms with Gasteiger partial charge in [-0.2, -0.15) is 0 Å². The van der Waals surface area contributed by atoms with Crippen molar-refractivity contribution in [2.45, 2.75) is 18.9 Å². The van der Waals surface area contributed by atoms with Crippen molar-refractivity contribution >= 4 is 45.7 Å². The lowest BCUT2D eigenvalue weighted by Crippen LogP contribution is -2.34. The highest BCUT2D eigenvalue weighted by atomic mass is 35.5. The van der Waals surface area contributed by atoms with E-state index in [2.05, 4.69) is 10.3 Å². The number of amides is 1. The molecule has 27 heavy (non-hydrogen) atoms. The monoisotopic (exact) mass is 382 g/mol. The zero-order valence-corrected chi connectivity index (χ0v) is 15.8. The lowest BCUT2D eigenvalue weighted by molar-refractivity contribution is -0.128. The predicted octanol–water partition coefficient (Wildman–Crippen LogP) is 3.45. The van der Waals surface area contributed by atoms with Crippen LogP contribution in [-0.4, -0.2) is 35.3 Å². The smallest absolute Gasteiger partial charge is 0.242 e. The van der Waals surface area contributed by atoms with Crippen LogP contribution in [0.3, 0.4) is 0 Å². The summed E-state index contributed by atoms with van der Waals surface area (Å²) in [5.74, 6) is -0.921. The van der Waals surface area contributed by atoms with Gasteiger partial charge in [0.25, 0.3) is 0 Å². The fourth-order valence-electron chi connectivity index (χ4n) is 3.41. The number of nitrogens with one attached hydrogen (secondary N) is 1. The molecular formula is C20H19ClN4O2. The Labute approximate surface area is 161 Å². The molecule has 0 radical (unpaired) electrons. The number of aryl methyl sites for hydroxylation is 1. The normalized spacial score (nSPS) is 16.3. The Bertz CT molecular complexity index is 1040. The standard InChI is InChI=1S/C20H19ClN4O2/c1-24(2)14-6-4-13(5-7-14)22-20(27)18-17(26)9-10-25-16-8-3-12(21)11-15(16)23-19(18)25/h3-8,11,18H,9-10H2,1-2H3,(H,22,27). The Morgan fingerprint density at radius 3 is 2.67 bits per heavy atom. The number of hydrogen-bond donors (Lipinski definition) is 1. The highest BCUT2D eigenvalue weighted by Gasteiger charge is 2.36. The average Bonchev–Trinajstić information content (AvgIpc) is 2.98. The van der Waals surface area contributed by atoms with Crippen LogP contribution < -0.4 is 10.2 Å². The van der Waals surface area contributed by atoms with Gasteiger partial charge in [-0.3, -0.25) is 9.59 Å². The third-order valence-corrected chi connectivity index (χ3v) is 5.05. The molecule has 0 fully saturated rings. The molecule has 0 spiro atoms. The van der Waals surface area contributed by atoms with Gasteiger partial charge in [-0.05, 0) is 42.5 Å². The molecule has 6 nitrogen and oxygen atoms in total. The minimum absolute atomic E-state index is 0.119. The van der Waals surface area contributed by atoms with Crippen molar-refractivity contribution in [2.24, 2.45) is 0 Å². The summed E-state index contributed by atoms with van der Waals surface area (Å²) < 4.78 is 1.94. The molecule has 0 saturated carbocycles. The average molecular weight is 383 g/mol. The van der Waals surface area contributed by atoms with E-state index >= 15 is 0 Å². The van der Waals surface area contributed by atoms with E-state index in [1.165, 1.54) is 0 Å². The van der Waals surface area contributed by atoms with E-state index in [-0.39, 0.29) is 11.7 Å². The number of Topliss-reactive ketones (excluding diaryl/α,β-unsaturated/α-hetero) is 1. The van der Waals surface area contributed by atoms with Crippen LogP contribution in [0.15, 0.2) is 42.5 Å². The van der Waals surface area contributed by atoms with Crippen molar-refractivity contribution in [3.8, 4) is 0 Å². The maximum atomic E-state index is 12.9. The minimum atomic E-state index is -0.918. The van der Waals surface area contributed by atoms with E-state index in [0.29, 0.717) is 35.0 Å². The molecule has 1 amide bonds. The highest BCUT2D eigenvalue weighted by Crippen LogP contribution is 2.31. The first-order valence-electron chi connectivity index (χ1n) is 8.70. The van der Waals surface area contributed by atoms with Gasteiger partial charge in [0.15, 0.2) is 11.7 Å². The van der Waals surface area contributed by atoms with Crippen LogP contribution in [0.2, 0.25) is 5.02 Å². The van der Waals surface area contributed by atoms with Gasteiger partial charge in [0.05, 0.1) is 11.0 Å². The summed E-state index contributed by atoms with van der Waals surface area (Å²) in [4.78, 5) is 31.9. The maximum absolute atomic E-state index is 12.9. The molecule has 1 N–H and O–H groups in total. The van der Waals surface area contributed by atoms with E-state index in [1.807, 2.05) is 53.9 Å². The summed E-state index contributed by atoms with van der Waals surface area (Å²) in [5.41, 5.74) is 3.26. The molecule has 1 aliphatic heterocycles. The van der Waals surface area contributed by atoms with Crippen molar-refractivity contribution in [2.75, 3.05) is 24.3 Å². The first-order chi connectivity index (χ1) is 12.9. The molecular weight excluding hydrogens is 364 g/mol. The number of carbonyl (C=O) groups excluding carboxylic acids is 2. The van der Waals surface area contributed by atoms with Gasteiger partial charge in [0.2, 0.25) is 5.91 Å². The molecule has 1 atom stereocenters. The molecule has 2 heterocycles. The molecule has 0 bridgehead atoms. The van der Waals surface area contributed by atoms with Crippen LogP contribution in [-0.2, 0) is 16.1 Å². The number of halogens is 1. The largest absolute Gasteiger partial charge is 0.378 e. The maximum Gasteiger partial charge on any atom is 0.242 e. The number of rotatable bonds is 3. The fourth-order valence-corrected chi connectivity index (χ4v) is 3.57. The Kier molecular flexibility index (Phi) is 4.36. The minimum Gasteiger partial charge on any atom is -0.378 e. The second kappa shape index (κ2) is 6.70. The van der Waals surface area contributed by atoms with E-state index in [9.17, 15) is 9.59 Å². The summed E-state index contributed by atoms with van der Waals surface area (Å²) in [6.45, 7) is 0.521. The molecule has 2 aromatic carbocycles. The summed E-state index contributed by atoms with van der Waals surface area (Å²) in [6.07, 6.45) is 0.304. The number of carbonyl (C=O) groups is 2. The summed E-state index contributed by atoms with van der Waals surface area (Å²) in [5, 5.41) is 3.42. The first-order valence-corrected chi connectivity index (χ1v) is 9.08. The molecule has 1 unspecified atom stereocenters. The van der Waals surface area contributed by atoms with Crippen LogP contribution in [0.4, 0.5) is 11.4 Å². The van der Waals surface area contributed by atoms with Gasteiger partial charge in [0.1, 0.15) is 5.82 Å². The van der Waals surface area contributed by atoms with Gasteiger partial charge >= 0.3 is 0 Å². The molecule has 3 aromatic rings. The molecule has 7 heteroatoms. The third kappa shape index (κ3) is 3.17. The molecule has 0 aliphatic carbocycles. The van der Waals surface area contributed by atoms with E-state index in [1.54, 1.807) is 12.1 Å². The Hall–Kier alpha value is -2.86. The summed E-state index contributed by atoms with van der Waals surface area (Å²) >= 11 is 6.05. The number of ketones is 1. The second-order valence-electron chi connectivity index (χ2n) is 6.83. The third-order valence-electron chi connectivity index (χ3n) is 4.82. The molecule has 138 valence electrons. The van der Waals surface area contributed by atoms with Crippen LogP contribution in [0.1, 0.15) is 18.2 Å². The van der Waals surface area contributed by atoms with E-state index < -0.39 is 5.92 Å². The summed E-state index contributed by atoms with van der Waals surface area (Å²) in [7, 11) is 3.90. The van der Waals surface area contributed by atoms with E-state index in [0.717, 1.165) is 11.2 Å². The van der Waals surface area contributed by atoms with Crippen molar-refractivity contribution in [1.82, 2.24) is 9.55 Å². The summed E-state index contributed by atoms with van der Waals surface area (Å²) in [6, 6.07) is 12.9. The van der Waals surface area contributed by atoms with Crippen LogP contribution >= 0.6 is 11.6 Å². The van der Waals surface area contributed by atoms with Crippen LogP contribution in [0.5, 0.6) is 0 Å². The second-order valence-corrected chi connectivity index (χ2v) is 7.27. The number of fused-ring (bicyclic) bond motifs is 3. The predicted molar refractivity (Wildman–Crippen MR) is 107 cm³/mol.